The third kappa shape index (κ3) is 4.13. The number of para-hydroxylation sites is 1. The zero-order chi connectivity index (χ0) is 20.3. The fourth-order valence-corrected chi connectivity index (χ4v) is 3.49. The number of aromatic nitrogens is 1. The van der Waals surface area contributed by atoms with Gasteiger partial charge in [-0.15, -0.1) is 0 Å². The molecule has 0 unspecified atom stereocenters. The number of benzene rings is 1. The highest BCUT2D eigenvalue weighted by atomic mass is 16.5. The summed E-state index contributed by atoms with van der Waals surface area (Å²) in [5.74, 6) is -0.782. The maximum absolute atomic E-state index is 12.9. The van der Waals surface area contributed by atoms with Crippen LogP contribution in [0.1, 0.15) is 35.0 Å². The number of hydrogen-bond acceptors (Lipinski definition) is 5. The summed E-state index contributed by atoms with van der Waals surface area (Å²) in [7, 11) is 3.00. The molecule has 1 heterocycles. The van der Waals surface area contributed by atoms with Gasteiger partial charge in [-0.2, -0.15) is 0 Å². The van der Waals surface area contributed by atoms with E-state index in [4.69, 9.17) is 9.72 Å². The van der Waals surface area contributed by atoms with Gasteiger partial charge in [0, 0.05) is 25.2 Å². The lowest BCUT2D eigenvalue weighted by molar-refractivity contribution is -0.137. The van der Waals surface area contributed by atoms with Gasteiger partial charge in [0.15, 0.2) is 6.61 Å². The van der Waals surface area contributed by atoms with Crippen molar-refractivity contribution >= 4 is 28.7 Å². The van der Waals surface area contributed by atoms with E-state index in [1.165, 1.54) is 19.0 Å². The molecule has 0 bridgehead atoms. The number of amides is 2. The summed E-state index contributed by atoms with van der Waals surface area (Å²) < 4.78 is 5.35. The summed E-state index contributed by atoms with van der Waals surface area (Å²) >= 11 is 0. The summed E-state index contributed by atoms with van der Waals surface area (Å²) in [5.41, 5.74) is 3.13. The van der Waals surface area contributed by atoms with E-state index >= 15 is 0 Å². The highest BCUT2D eigenvalue weighted by Crippen LogP contribution is 2.31. The van der Waals surface area contributed by atoms with Crippen molar-refractivity contribution in [1.82, 2.24) is 15.2 Å². The second-order valence-corrected chi connectivity index (χ2v) is 7.28. The number of likely N-dealkylation sites (N-methyl/N-ethyl adjacent to an activating group) is 2. The minimum absolute atomic E-state index is 0.0853. The molecule has 7 heteroatoms. The Morgan fingerprint density at radius 2 is 2.04 bits per heavy atom. The van der Waals surface area contributed by atoms with E-state index in [1.807, 2.05) is 24.3 Å². The summed E-state index contributed by atoms with van der Waals surface area (Å²) in [5, 5.41) is 3.19. The fourth-order valence-electron chi connectivity index (χ4n) is 3.49. The summed E-state index contributed by atoms with van der Waals surface area (Å²) in [6.07, 6.45) is 2.63. The predicted molar refractivity (Wildman–Crippen MR) is 105 cm³/mol. The van der Waals surface area contributed by atoms with Crippen molar-refractivity contribution in [3.63, 3.8) is 0 Å². The smallest absolute Gasteiger partial charge is 0.339 e. The van der Waals surface area contributed by atoms with Crippen LogP contribution in [0.25, 0.3) is 10.9 Å². The summed E-state index contributed by atoms with van der Waals surface area (Å²) in [6, 6.07) is 7.49. The van der Waals surface area contributed by atoms with E-state index in [9.17, 15) is 14.4 Å². The zero-order valence-electron chi connectivity index (χ0n) is 16.4. The zero-order valence-corrected chi connectivity index (χ0v) is 16.4. The van der Waals surface area contributed by atoms with E-state index in [0.29, 0.717) is 11.5 Å². The number of carbonyl (C=O) groups is 3. The molecule has 28 heavy (non-hydrogen) atoms. The first-order chi connectivity index (χ1) is 13.4. The fraction of sp³-hybridized carbons (Fsp3) is 0.429. The van der Waals surface area contributed by atoms with Crippen molar-refractivity contribution in [1.29, 1.82) is 0 Å². The van der Waals surface area contributed by atoms with E-state index in [2.05, 4.69) is 12.2 Å². The van der Waals surface area contributed by atoms with E-state index in [0.717, 1.165) is 41.4 Å². The molecule has 0 aliphatic heterocycles. The number of ether oxygens (including phenoxy) is 1. The van der Waals surface area contributed by atoms with Crippen molar-refractivity contribution in [3.8, 4) is 0 Å². The Bertz CT molecular complexity index is 925. The third-order valence-corrected chi connectivity index (χ3v) is 5.12. The second kappa shape index (κ2) is 8.37. The molecule has 0 spiro atoms. The maximum atomic E-state index is 12.9. The highest BCUT2D eigenvalue weighted by Gasteiger charge is 2.26. The van der Waals surface area contributed by atoms with Crippen LogP contribution in [0.3, 0.4) is 0 Å². The number of fused-ring (bicyclic) bond motifs is 2. The van der Waals surface area contributed by atoms with Crippen LogP contribution >= 0.6 is 0 Å². The van der Waals surface area contributed by atoms with Gasteiger partial charge in [0.2, 0.25) is 5.91 Å². The van der Waals surface area contributed by atoms with Gasteiger partial charge < -0.3 is 15.0 Å². The number of pyridine rings is 1. The van der Waals surface area contributed by atoms with Crippen molar-refractivity contribution < 1.29 is 19.1 Å². The summed E-state index contributed by atoms with van der Waals surface area (Å²) in [4.78, 5) is 42.5. The van der Waals surface area contributed by atoms with E-state index in [1.54, 1.807) is 0 Å². The standard InChI is InChI=1S/C21H25N3O4/c1-13-8-9-17-15(10-13)20(14-6-4-5-7-16(14)23-17)21(27)28-12-19(26)24(3)11-18(25)22-2/h4-7,13H,8-12H2,1-3H3,(H,22,25)/t13-/m0/s1. The number of rotatable bonds is 5. The summed E-state index contributed by atoms with van der Waals surface area (Å²) in [6.45, 7) is 1.66. The molecule has 2 amide bonds. The molecule has 1 atom stereocenters. The lowest BCUT2D eigenvalue weighted by Crippen LogP contribution is -2.39. The molecule has 1 N–H and O–H groups in total. The van der Waals surface area contributed by atoms with Crippen LogP contribution in [0.5, 0.6) is 0 Å². The van der Waals surface area contributed by atoms with Crippen LogP contribution < -0.4 is 5.32 Å². The third-order valence-electron chi connectivity index (χ3n) is 5.12. The quantitative estimate of drug-likeness (QED) is 0.795. The predicted octanol–water partition coefficient (Wildman–Crippen LogP) is 1.72. The molecule has 1 aromatic carbocycles. The van der Waals surface area contributed by atoms with Gasteiger partial charge in [-0.3, -0.25) is 14.6 Å². The minimum Gasteiger partial charge on any atom is -0.452 e. The maximum Gasteiger partial charge on any atom is 0.339 e. The van der Waals surface area contributed by atoms with E-state index < -0.39 is 18.5 Å². The Labute approximate surface area is 164 Å². The molecule has 0 fully saturated rings. The van der Waals surface area contributed by atoms with Crippen molar-refractivity contribution in [2.45, 2.75) is 26.2 Å². The average molecular weight is 383 g/mol. The van der Waals surface area contributed by atoms with Gasteiger partial charge in [0.25, 0.3) is 5.91 Å². The number of aryl methyl sites for hydroxylation is 1. The SMILES string of the molecule is CNC(=O)CN(C)C(=O)COC(=O)c1c2c(nc3ccccc13)CC[C@H](C)C2. The monoisotopic (exact) mass is 383 g/mol. The Hall–Kier alpha value is -2.96. The van der Waals surface area contributed by atoms with E-state index in [-0.39, 0.29) is 12.5 Å². The van der Waals surface area contributed by atoms with Crippen molar-refractivity contribution in [2.24, 2.45) is 5.92 Å². The molecule has 7 nitrogen and oxygen atoms in total. The van der Waals surface area contributed by atoms with Crippen LogP contribution in [-0.4, -0.2) is 54.9 Å². The number of nitrogens with zero attached hydrogens (tertiary/aromatic N) is 2. The minimum atomic E-state index is -0.523. The first kappa shape index (κ1) is 19.8. The van der Waals surface area contributed by atoms with Crippen molar-refractivity contribution in [3.05, 3.63) is 41.1 Å². The van der Waals surface area contributed by atoms with Crippen LogP contribution in [0.15, 0.2) is 24.3 Å². The molecule has 1 aliphatic rings. The number of carbonyl (C=O) groups excluding carboxylic acids is 3. The Balaban J connectivity index is 1.84. The van der Waals surface area contributed by atoms with Gasteiger partial charge >= 0.3 is 5.97 Å². The lowest BCUT2D eigenvalue weighted by atomic mass is 9.84. The molecule has 148 valence electrons. The molecule has 0 radical (unpaired) electrons. The molecule has 1 aromatic heterocycles. The molecule has 0 saturated carbocycles. The normalized spacial score (nSPS) is 15.6. The van der Waals surface area contributed by atoms with Crippen LogP contribution in [0.4, 0.5) is 0 Å². The Morgan fingerprint density at radius 1 is 1.29 bits per heavy atom. The van der Waals surface area contributed by atoms with Crippen LogP contribution in [0, 0.1) is 5.92 Å². The van der Waals surface area contributed by atoms with Gasteiger partial charge in [0.05, 0.1) is 17.6 Å². The Kier molecular flexibility index (Phi) is 5.92. The highest BCUT2D eigenvalue weighted by molar-refractivity contribution is 6.05. The average Bonchev–Trinajstić information content (AvgIpc) is 2.69. The number of hydrogen-bond donors (Lipinski definition) is 1. The first-order valence-corrected chi connectivity index (χ1v) is 9.42. The number of nitrogens with one attached hydrogen (secondary N) is 1. The van der Waals surface area contributed by atoms with Crippen molar-refractivity contribution in [2.75, 3.05) is 27.2 Å². The second-order valence-electron chi connectivity index (χ2n) is 7.28. The molecule has 3 rings (SSSR count). The number of esters is 1. The molecular formula is C21H25N3O4. The van der Waals surface area contributed by atoms with Gasteiger partial charge in [-0.1, -0.05) is 25.1 Å². The van der Waals surface area contributed by atoms with Gasteiger partial charge in [-0.25, -0.2) is 4.79 Å². The van der Waals surface area contributed by atoms with Gasteiger partial charge in [-0.05, 0) is 36.8 Å². The molecule has 1 aliphatic carbocycles. The largest absolute Gasteiger partial charge is 0.452 e. The topological polar surface area (TPSA) is 88.6 Å². The van der Waals surface area contributed by atoms with Gasteiger partial charge in [0.1, 0.15) is 0 Å². The first-order valence-electron chi connectivity index (χ1n) is 9.42. The van der Waals surface area contributed by atoms with Crippen LogP contribution in [-0.2, 0) is 27.2 Å². The lowest BCUT2D eigenvalue weighted by Gasteiger charge is -2.24. The molecule has 2 aromatic rings. The van der Waals surface area contributed by atoms with Crippen LogP contribution in [0.2, 0.25) is 0 Å². The molecule has 0 saturated heterocycles. The Morgan fingerprint density at radius 3 is 2.79 bits per heavy atom. The molecular weight excluding hydrogens is 358 g/mol.